The van der Waals surface area contributed by atoms with E-state index < -0.39 is 22.0 Å². The van der Waals surface area contributed by atoms with Crippen LogP contribution in [-0.2, 0) is 14.8 Å². The van der Waals surface area contributed by atoms with Gasteiger partial charge in [-0.3, -0.25) is 4.31 Å². The zero-order valence-corrected chi connectivity index (χ0v) is 15.6. The van der Waals surface area contributed by atoms with E-state index in [0.29, 0.717) is 11.6 Å². The first-order chi connectivity index (χ1) is 11.6. The van der Waals surface area contributed by atoms with Gasteiger partial charge in [0.2, 0.25) is 0 Å². The molecule has 0 aliphatic rings. The monoisotopic (exact) mass is 361 g/mol. The van der Waals surface area contributed by atoms with Crippen molar-refractivity contribution >= 4 is 21.7 Å². The number of anilines is 1. The smallest absolute Gasteiger partial charge is 0.327 e. The molecule has 0 aliphatic carbocycles. The van der Waals surface area contributed by atoms with Crippen LogP contribution < -0.4 is 4.31 Å². The van der Waals surface area contributed by atoms with Crippen molar-refractivity contribution in [1.29, 1.82) is 0 Å². The SMILES string of the molecule is Cc1ccc(S(=O)(=O)N(c2ccc(C(C)C)cc2)C(C)C(=O)O)cc1. The van der Waals surface area contributed by atoms with E-state index in [0.717, 1.165) is 15.4 Å². The molecule has 2 aromatic rings. The summed E-state index contributed by atoms with van der Waals surface area (Å²) in [6.07, 6.45) is 0. The lowest BCUT2D eigenvalue weighted by atomic mass is 10.0. The van der Waals surface area contributed by atoms with Crippen LogP contribution in [0.3, 0.4) is 0 Å². The van der Waals surface area contributed by atoms with Crippen LogP contribution in [-0.4, -0.2) is 25.5 Å². The highest BCUT2D eigenvalue weighted by Crippen LogP contribution is 2.28. The van der Waals surface area contributed by atoms with Crippen LogP contribution in [0, 0.1) is 6.92 Å². The summed E-state index contributed by atoms with van der Waals surface area (Å²) in [6, 6.07) is 12.1. The van der Waals surface area contributed by atoms with E-state index in [1.54, 1.807) is 24.3 Å². The fraction of sp³-hybridized carbons (Fsp3) is 0.316. The summed E-state index contributed by atoms with van der Waals surface area (Å²) in [5.74, 6) is -0.906. The highest BCUT2D eigenvalue weighted by molar-refractivity contribution is 7.92. The Morgan fingerprint density at radius 3 is 1.92 bits per heavy atom. The molecule has 2 aromatic carbocycles. The van der Waals surface area contributed by atoms with Gasteiger partial charge in [-0.25, -0.2) is 13.2 Å². The summed E-state index contributed by atoms with van der Waals surface area (Å²) in [5.41, 5.74) is 2.32. The molecule has 25 heavy (non-hydrogen) atoms. The predicted octanol–water partition coefficient (Wildman–Crippen LogP) is 3.79. The minimum Gasteiger partial charge on any atom is -0.480 e. The van der Waals surface area contributed by atoms with E-state index in [1.807, 2.05) is 32.9 Å². The van der Waals surface area contributed by atoms with Gasteiger partial charge in [0.05, 0.1) is 10.6 Å². The summed E-state index contributed by atoms with van der Waals surface area (Å²) >= 11 is 0. The number of hydrogen-bond donors (Lipinski definition) is 1. The summed E-state index contributed by atoms with van der Waals surface area (Å²) in [6.45, 7) is 7.30. The number of nitrogens with zero attached hydrogens (tertiary/aromatic N) is 1. The standard InChI is InChI=1S/C19H23NO4S/c1-13(2)16-7-9-17(10-8-16)20(15(4)19(21)22)25(23,24)18-11-5-14(3)6-12-18/h5-13,15H,1-4H3,(H,21,22). The van der Waals surface area contributed by atoms with Crippen molar-refractivity contribution in [2.75, 3.05) is 4.31 Å². The van der Waals surface area contributed by atoms with Crippen molar-refractivity contribution in [3.63, 3.8) is 0 Å². The van der Waals surface area contributed by atoms with Gasteiger partial charge in [0.25, 0.3) is 10.0 Å². The number of hydrogen-bond acceptors (Lipinski definition) is 3. The molecule has 0 heterocycles. The Bertz CT molecular complexity index is 840. The number of aryl methyl sites for hydroxylation is 1. The van der Waals surface area contributed by atoms with Crippen LogP contribution in [0.1, 0.15) is 37.8 Å². The first kappa shape index (κ1) is 19.0. The second kappa shape index (κ2) is 7.27. The maximum absolute atomic E-state index is 13.1. The molecular weight excluding hydrogens is 338 g/mol. The van der Waals surface area contributed by atoms with Gasteiger partial charge in [-0.1, -0.05) is 43.7 Å². The van der Waals surface area contributed by atoms with Crippen LogP contribution in [0.5, 0.6) is 0 Å². The van der Waals surface area contributed by atoms with Crippen molar-refractivity contribution < 1.29 is 18.3 Å². The average molecular weight is 361 g/mol. The Hall–Kier alpha value is -2.34. The van der Waals surface area contributed by atoms with E-state index in [9.17, 15) is 18.3 Å². The minimum atomic E-state index is -4.00. The number of carboxylic acid groups (broad SMARTS) is 1. The molecule has 0 saturated heterocycles. The molecule has 0 aliphatic heterocycles. The number of carbonyl (C=O) groups is 1. The molecule has 0 fully saturated rings. The van der Waals surface area contributed by atoms with E-state index in [-0.39, 0.29) is 4.90 Å². The molecule has 0 radical (unpaired) electrons. The molecule has 1 unspecified atom stereocenters. The predicted molar refractivity (Wildman–Crippen MR) is 98.5 cm³/mol. The maximum atomic E-state index is 13.1. The van der Waals surface area contributed by atoms with Gasteiger partial charge in [-0.05, 0) is 49.6 Å². The third kappa shape index (κ3) is 4.02. The Kier molecular flexibility index (Phi) is 5.52. The number of benzene rings is 2. The van der Waals surface area contributed by atoms with Crippen molar-refractivity contribution in [2.24, 2.45) is 0 Å². The summed E-state index contributed by atoms with van der Waals surface area (Å²) in [7, 11) is -4.00. The number of rotatable bonds is 6. The molecule has 0 saturated carbocycles. The molecule has 6 heteroatoms. The van der Waals surface area contributed by atoms with Crippen molar-refractivity contribution in [1.82, 2.24) is 0 Å². The maximum Gasteiger partial charge on any atom is 0.327 e. The molecule has 0 amide bonds. The van der Waals surface area contributed by atoms with Crippen LogP contribution in [0.25, 0.3) is 0 Å². The van der Waals surface area contributed by atoms with E-state index in [1.165, 1.54) is 19.1 Å². The molecule has 134 valence electrons. The van der Waals surface area contributed by atoms with Gasteiger partial charge in [0, 0.05) is 0 Å². The first-order valence-electron chi connectivity index (χ1n) is 8.08. The normalized spacial score (nSPS) is 12.8. The van der Waals surface area contributed by atoms with Gasteiger partial charge < -0.3 is 5.11 Å². The lowest BCUT2D eigenvalue weighted by Gasteiger charge is -2.28. The molecule has 0 bridgehead atoms. The zero-order chi connectivity index (χ0) is 18.8. The fourth-order valence-electron chi connectivity index (χ4n) is 2.50. The Labute approximate surface area is 149 Å². The second-order valence-electron chi connectivity index (χ2n) is 6.37. The van der Waals surface area contributed by atoms with E-state index >= 15 is 0 Å². The fourth-order valence-corrected chi connectivity index (χ4v) is 4.11. The lowest BCUT2D eigenvalue weighted by Crippen LogP contribution is -2.43. The second-order valence-corrected chi connectivity index (χ2v) is 8.19. The van der Waals surface area contributed by atoms with Crippen LogP contribution in [0.2, 0.25) is 0 Å². The molecular formula is C19H23NO4S. The van der Waals surface area contributed by atoms with Crippen LogP contribution in [0.15, 0.2) is 53.4 Å². The number of aliphatic carboxylic acids is 1. The topological polar surface area (TPSA) is 74.7 Å². The Morgan fingerprint density at radius 2 is 1.48 bits per heavy atom. The lowest BCUT2D eigenvalue weighted by molar-refractivity contribution is -0.137. The van der Waals surface area contributed by atoms with Gasteiger partial charge >= 0.3 is 5.97 Å². The van der Waals surface area contributed by atoms with Crippen molar-refractivity contribution in [3.8, 4) is 0 Å². The van der Waals surface area contributed by atoms with Gasteiger partial charge in [-0.2, -0.15) is 0 Å². The van der Waals surface area contributed by atoms with Crippen LogP contribution in [0.4, 0.5) is 5.69 Å². The molecule has 5 nitrogen and oxygen atoms in total. The van der Waals surface area contributed by atoms with Crippen molar-refractivity contribution in [3.05, 3.63) is 59.7 Å². The molecule has 1 N–H and O–H groups in total. The molecule has 2 rings (SSSR count). The van der Waals surface area contributed by atoms with Crippen LogP contribution >= 0.6 is 0 Å². The van der Waals surface area contributed by atoms with Crippen molar-refractivity contribution in [2.45, 2.75) is 44.6 Å². The van der Waals surface area contributed by atoms with Gasteiger partial charge in [-0.15, -0.1) is 0 Å². The minimum absolute atomic E-state index is 0.0686. The third-order valence-electron chi connectivity index (χ3n) is 4.10. The van der Waals surface area contributed by atoms with E-state index in [2.05, 4.69) is 0 Å². The number of carboxylic acids is 1. The summed E-state index contributed by atoms with van der Waals surface area (Å²) < 4.78 is 27.1. The molecule has 0 spiro atoms. The average Bonchev–Trinajstić information content (AvgIpc) is 2.55. The Balaban J connectivity index is 2.56. The molecule has 0 aromatic heterocycles. The highest BCUT2D eigenvalue weighted by Gasteiger charge is 2.33. The van der Waals surface area contributed by atoms with Gasteiger partial charge in [0.1, 0.15) is 6.04 Å². The summed E-state index contributed by atoms with van der Waals surface area (Å²) in [5, 5.41) is 9.40. The summed E-state index contributed by atoms with van der Waals surface area (Å²) in [4.78, 5) is 11.6. The first-order valence-corrected chi connectivity index (χ1v) is 9.52. The van der Waals surface area contributed by atoms with E-state index in [4.69, 9.17) is 0 Å². The molecule has 1 atom stereocenters. The quantitative estimate of drug-likeness (QED) is 0.849. The highest BCUT2D eigenvalue weighted by atomic mass is 32.2. The Morgan fingerprint density at radius 1 is 0.960 bits per heavy atom. The number of sulfonamides is 1. The zero-order valence-electron chi connectivity index (χ0n) is 14.8. The third-order valence-corrected chi connectivity index (χ3v) is 6.01. The largest absolute Gasteiger partial charge is 0.480 e. The van der Waals surface area contributed by atoms with Gasteiger partial charge in [0.15, 0.2) is 0 Å².